The van der Waals surface area contributed by atoms with E-state index in [1.165, 1.54) is 0 Å². The summed E-state index contributed by atoms with van der Waals surface area (Å²) in [5.74, 6) is 1.89. The van der Waals surface area contributed by atoms with Crippen molar-refractivity contribution in [2.75, 3.05) is 10.6 Å². The first-order chi connectivity index (χ1) is 12.2. The molecule has 0 radical (unpaired) electrons. The smallest absolute Gasteiger partial charge is 0.153 e. The van der Waals surface area contributed by atoms with Gasteiger partial charge in [-0.25, -0.2) is 4.98 Å². The first-order valence-electron chi connectivity index (χ1n) is 8.87. The summed E-state index contributed by atoms with van der Waals surface area (Å²) in [5.41, 5.74) is 1.70. The summed E-state index contributed by atoms with van der Waals surface area (Å²) in [6.45, 7) is 9.51. The van der Waals surface area contributed by atoms with Crippen molar-refractivity contribution < 1.29 is 5.11 Å². The molecule has 4 N–H and O–H groups in total. The third-order valence-corrected chi connectivity index (χ3v) is 4.10. The van der Waals surface area contributed by atoms with E-state index >= 15 is 0 Å². The molecule has 7 nitrogen and oxygen atoms in total. The van der Waals surface area contributed by atoms with Crippen molar-refractivity contribution in [3.05, 3.63) is 29.0 Å². The van der Waals surface area contributed by atoms with E-state index in [1.54, 1.807) is 0 Å². The molecule has 0 aliphatic carbocycles. The summed E-state index contributed by atoms with van der Waals surface area (Å²) < 4.78 is 0. The van der Waals surface area contributed by atoms with Gasteiger partial charge in [0.1, 0.15) is 17.7 Å². The van der Waals surface area contributed by atoms with Crippen molar-refractivity contribution in [1.82, 2.24) is 15.2 Å². The number of nitrogens with one attached hydrogen (secondary N) is 3. The lowest BCUT2D eigenvalue weighted by Gasteiger charge is -2.20. The van der Waals surface area contributed by atoms with Crippen LogP contribution in [0.5, 0.6) is 0 Å². The molecule has 148 valence electrons. The highest BCUT2D eigenvalue weighted by Gasteiger charge is 2.15. The molecule has 1 atom stereocenters. The topological polar surface area (TPSA) is 110 Å². The van der Waals surface area contributed by atoms with Gasteiger partial charge in [0, 0.05) is 17.8 Å². The summed E-state index contributed by atoms with van der Waals surface area (Å²) in [4.78, 5) is 4.56. The molecular formula is C19H29ClN6O. The van der Waals surface area contributed by atoms with E-state index < -0.39 is 5.60 Å². The van der Waals surface area contributed by atoms with Crippen molar-refractivity contribution in [3.8, 4) is 6.07 Å². The minimum Gasteiger partial charge on any atom is -0.390 e. The fourth-order valence-electron chi connectivity index (χ4n) is 2.74. The maximum absolute atomic E-state index is 9.82. The Labute approximate surface area is 167 Å². The number of anilines is 3. The van der Waals surface area contributed by atoms with Crippen LogP contribution in [0.2, 0.25) is 0 Å². The van der Waals surface area contributed by atoms with Crippen molar-refractivity contribution in [1.29, 1.82) is 5.26 Å². The van der Waals surface area contributed by atoms with Crippen LogP contribution in [0.1, 0.15) is 56.9 Å². The highest BCUT2D eigenvalue weighted by molar-refractivity contribution is 5.85. The van der Waals surface area contributed by atoms with Gasteiger partial charge < -0.3 is 15.7 Å². The maximum atomic E-state index is 9.82. The SMILES string of the molecule is Cc1cc(Nc2cc(C)c(C#N)c(NC(C)CCCC(C)(C)O)n2)n[nH]1.Cl. The Kier molecular flexibility index (Phi) is 8.07. The predicted molar refractivity (Wildman–Crippen MR) is 111 cm³/mol. The normalized spacial score (nSPS) is 12.0. The number of nitrogens with zero attached hydrogens (tertiary/aromatic N) is 3. The fraction of sp³-hybridized carbons (Fsp3) is 0.526. The standard InChI is InChI=1S/C19H28N6O.ClH/c1-12-9-16(22-17-10-14(3)24-25-17)23-18(15(12)11-20)21-13(2)7-6-8-19(4,5)26;/h9-10,13,26H,6-8H2,1-5H3,(H3,21,22,23,24,25);1H. The number of nitriles is 1. The Bertz CT molecular complexity index is 790. The quantitative estimate of drug-likeness (QED) is 0.536. The molecule has 0 aliphatic heterocycles. The average Bonchev–Trinajstić information content (AvgIpc) is 2.90. The number of pyridine rings is 1. The van der Waals surface area contributed by atoms with Gasteiger partial charge in [0.15, 0.2) is 5.82 Å². The van der Waals surface area contributed by atoms with Crippen LogP contribution in [0.3, 0.4) is 0 Å². The van der Waals surface area contributed by atoms with Gasteiger partial charge in [-0.05, 0) is 65.5 Å². The van der Waals surface area contributed by atoms with Crippen molar-refractivity contribution in [2.45, 2.75) is 65.5 Å². The van der Waals surface area contributed by atoms with Gasteiger partial charge >= 0.3 is 0 Å². The third-order valence-electron chi connectivity index (χ3n) is 4.10. The van der Waals surface area contributed by atoms with Crippen LogP contribution < -0.4 is 10.6 Å². The number of rotatable bonds is 8. The Morgan fingerprint density at radius 3 is 2.56 bits per heavy atom. The van der Waals surface area contributed by atoms with Crippen LogP contribution in [0.15, 0.2) is 12.1 Å². The molecule has 0 bridgehead atoms. The molecule has 2 heterocycles. The van der Waals surface area contributed by atoms with Gasteiger partial charge in [-0.3, -0.25) is 5.10 Å². The van der Waals surface area contributed by atoms with Crippen molar-refractivity contribution in [2.24, 2.45) is 0 Å². The van der Waals surface area contributed by atoms with Gasteiger partial charge in [0.05, 0.1) is 11.2 Å². The molecule has 0 saturated heterocycles. The molecule has 2 aromatic heterocycles. The van der Waals surface area contributed by atoms with Crippen LogP contribution >= 0.6 is 12.4 Å². The molecule has 2 aromatic rings. The first kappa shape index (κ1) is 22.7. The van der Waals surface area contributed by atoms with E-state index in [9.17, 15) is 10.4 Å². The highest BCUT2D eigenvalue weighted by atomic mass is 35.5. The molecule has 2 rings (SSSR count). The summed E-state index contributed by atoms with van der Waals surface area (Å²) in [6, 6.07) is 6.10. The van der Waals surface area contributed by atoms with E-state index in [1.807, 2.05) is 39.8 Å². The lowest BCUT2D eigenvalue weighted by Crippen LogP contribution is -2.21. The number of H-pyrrole nitrogens is 1. The Morgan fingerprint density at radius 1 is 1.30 bits per heavy atom. The second-order valence-corrected chi connectivity index (χ2v) is 7.47. The number of aliphatic hydroxyl groups is 1. The second-order valence-electron chi connectivity index (χ2n) is 7.47. The summed E-state index contributed by atoms with van der Waals surface area (Å²) in [6.07, 6.45) is 2.51. The highest BCUT2D eigenvalue weighted by Crippen LogP contribution is 2.24. The molecule has 1 unspecified atom stereocenters. The largest absolute Gasteiger partial charge is 0.390 e. The molecule has 8 heteroatoms. The maximum Gasteiger partial charge on any atom is 0.153 e. The van der Waals surface area contributed by atoms with E-state index in [-0.39, 0.29) is 18.4 Å². The average molecular weight is 393 g/mol. The molecule has 0 spiro atoms. The third kappa shape index (κ3) is 7.08. The Hall–Kier alpha value is -2.30. The first-order valence-corrected chi connectivity index (χ1v) is 8.87. The predicted octanol–water partition coefficient (Wildman–Crippen LogP) is 4.20. The number of aromatic amines is 1. The van der Waals surface area contributed by atoms with E-state index in [2.05, 4.69) is 38.8 Å². The number of aromatic nitrogens is 3. The lowest BCUT2D eigenvalue weighted by atomic mass is 9.99. The molecule has 0 fully saturated rings. The molecular weight excluding hydrogens is 364 g/mol. The van der Waals surface area contributed by atoms with Crippen LogP contribution in [0.4, 0.5) is 17.5 Å². The Morgan fingerprint density at radius 2 is 2.00 bits per heavy atom. The zero-order valence-corrected chi connectivity index (χ0v) is 17.4. The Balaban J connectivity index is 0.00000364. The molecule has 0 aromatic carbocycles. The van der Waals surface area contributed by atoms with E-state index in [0.29, 0.717) is 23.0 Å². The zero-order chi connectivity index (χ0) is 19.3. The van der Waals surface area contributed by atoms with Gasteiger partial charge in [0.2, 0.25) is 0 Å². The number of hydrogen-bond donors (Lipinski definition) is 4. The monoisotopic (exact) mass is 392 g/mol. The minimum atomic E-state index is -0.655. The van der Waals surface area contributed by atoms with Gasteiger partial charge in [0.25, 0.3) is 0 Å². The van der Waals surface area contributed by atoms with Crippen molar-refractivity contribution >= 4 is 29.9 Å². The number of halogens is 1. The molecule has 0 aliphatic rings. The van der Waals surface area contributed by atoms with E-state index in [4.69, 9.17) is 0 Å². The van der Waals surface area contributed by atoms with Crippen LogP contribution in [0.25, 0.3) is 0 Å². The molecule has 27 heavy (non-hydrogen) atoms. The summed E-state index contributed by atoms with van der Waals surface area (Å²) in [7, 11) is 0. The second kappa shape index (κ2) is 9.58. The van der Waals surface area contributed by atoms with E-state index in [0.717, 1.165) is 30.5 Å². The summed E-state index contributed by atoms with van der Waals surface area (Å²) >= 11 is 0. The fourth-order valence-corrected chi connectivity index (χ4v) is 2.74. The summed E-state index contributed by atoms with van der Waals surface area (Å²) in [5, 5.41) is 32.8. The number of hydrogen-bond acceptors (Lipinski definition) is 6. The molecule has 0 saturated carbocycles. The van der Waals surface area contributed by atoms with Crippen molar-refractivity contribution in [3.63, 3.8) is 0 Å². The minimum absolute atomic E-state index is 0. The van der Waals surface area contributed by atoms with Crippen LogP contribution in [-0.4, -0.2) is 31.9 Å². The van der Waals surface area contributed by atoms with Gasteiger partial charge in [-0.2, -0.15) is 10.4 Å². The van der Waals surface area contributed by atoms with Crippen LogP contribution in [-0.2, 0) is 0 Å². The van der Waals surface area contributed by atoms with Gasteiger partial charge in [-0.15, -0.1) is 12.4 Å². The lowest BCUT2D eigenvalue weighted by molar-refractivity contribution is 0.0680. The van der Waals surface area contributed by atoms with Crippen LogP contribution in [0, 0.1) is 25.2 Å². The molecule has 0 amide bonds. The number of aryl methyl sites for hydroxylation is 2. The zero-order valence-electron chi connectivity index (χ0n) is 16.6. The van der Waals surface area contributed by atoms with Gasteiger partial charge in [-0.1, -0.05) is 0 Å².